The van der Waals surface area contributed by atoms with Gasteiger partial charge in [0.1, 0.15) is 16.6 Å². The molecule has 0 amide bonds. The average Bonchev–Trinajstić information content (AvgIpc) is 3.32. The number of aliphatic hydroxyl groups is 1. The fourth-order valence-corrected chi connectivity index (χ4v) is 5.67. The number of carbonyl (C=O) groups is 1. The van der Waals surface area contributed by atoms with E-state index in [4.69, 9.17) is 27.9 Å². The van der Waals surface area contributed by atoms with Crippen molar-refractivity contribution in [1.29, 1.82) is 0 Å². The summed E-state index contributed by atoms with van der Waals surface area (Å²) in [5, 5.41) is 23.6. The predicted molar refractivity (Wildman–Crippen MR) is 149 cm³/mol. The molecule has 1 atom stereocenters. The van der Waals surface area contributed by atoms with Crippen LogP contribution in [0.15, 0.2) is 59.5 Å². The second kappa shape index (κ2) is 10.1. The van der Waals surface area contributed by atoms with Crippen LogP contribution in [0.1, 0.15) is 47.2 Å². The molecule has 0 bridgehead atoms. The molecule has 39 heavy (non-hydrogen) atoms. The summed E-state index contributed by atoms with van der Waals surface area (Å²) in [5.74, 6) is -0.226. The van der Waals surface area contributed by atoms with Gasteiger partial charge in [0, 0.05) is 17.8 Å². The molecule has 5 rings (SSSR count). The first-order valence-electron chi connectivity index (χ1n) is 12.2. The Bertz CT molecular complexity index is 1660. The summed E-state index contributed by atoms with van der Waals surface area (Å²) in [6.07, 6.45) is 1.54. The number of hydrogen-bond acceptors (Lipinski definition) is 6. The number of methoxy groups -OCH3 is 1. The number of rotatable bonds is 7. The maximum Gasteiger partial charge on any atom is 0.356 e. The summed E-state index contributed by atoms with van der Waals surface area (Å²) >= 11 is 12.7. The van der Waals surface area contributed by atoms with Crippen LogP contribution in [0.25, 0.3) is 11.4 Å². The van der Waals surface area contributed by atoms with Crippen molar-refractivity contribution in [2.24, 2.45) is 0 Å². The molecule has 3 N–H and O–H groups in total. The molecule has 3 heterocycles. The monoisotopic (exact) mass is 568 g/mol. The predicted octanol–water partition coefficient (Wildman–Crippen LogP) is 5.02. The Morgan fingerprint density at radius 1 is 1.18 bits per heavy atom. The first-order chi connectivity index (χ1) is 18.6. The lowest BCUT2D eigenvalue weighted by Crippen LogP contribution is -2.39. The summed E-state index contributed by atoms with van der Waals surface area (Å²) in [4.78, 5) is 29.7. The van der Waals surface area contributed by atoms with Crippen molar-refractivity contribution in [1.82, 2.24) is 14.1 Å². The highest BCUT2D eigenvalue weighted by molar-refractivity contribution is 6.31. The van der Waals surface area contributed by atoms with Crippen LogP contribution < -0.4 is 15.6 Å². The Labute approximate surface area is 234 Å². The van der Waals surface area contributed by atoms with Crippen LogP contribution in [0.2, 0.25) is 10.0 Å². The molecule has 0 saturated heterocycles. The SMILES string of the molecule is COc1ccccc1-c1nc(C(=O)O)c2n1C(C)(C)c1cc(Cl)ccc1C2Nc1cc(Cl)c(=O)n(CCO)c1. The van der Waals surface area contributed by atoms with Crippen LogP contribution in [0.5, 0.6) is 5.75 Å². The zero-order chi connectivity index (χ0) is 28.1. The molecule has 2 aromatic heterocycles. The molecule has 0 saturated carbocycles. The van der Waals surface area contributed by atoms with Gasteiger partial charge in [0.25, 0.3) is 5.56 Å². The molecule has 4 aromatic rings. The highest BCUT2D eigenvalue weighted by Crippen LogP contribution is 2.48. The number of carboxylic acid groups (broad SMARTS) is 1. The van der Waals surface area contributed by atoms with E-state index in [2.05, 4.69) is 10.3 Å². The topological polar surface area (TPSA) is 119 Å². The third-order valence-corrected chi connectivity index (χ3v) is 7.48. The van der Waals surface area contributed by atoms with E-state index in [9.17, 15) is 19.8 Å². The van der Waals surface area contributed by atoms with E-state index in [1.807, 2.05) is 48.7 Å². The van der Waals surface area contributed by atoms with Gasteiger partial charge in [-0.3, -0.25) is 4.79 Å². The van der Waals surface area contributed by atoms with Gasteiger partial charge in [0.05, 0.1) is 42.2 Å². The second-order valence-electron chi connectivity index (χ2n) is 9.68. The third kappa shape index (κ3) is 4.46. The quantitative estimate of drug-likeness (QED) is 0.286. The lowest BCUT2D eigenvalue weighted by molar-refractivity contribution is 0.0689. The number of anilines is 1. The molecule has 2 aromatic carbocycles. The fourth-order valence-electron chi connectivity index (χ4n) is 5.27. The van der Waals surface area contributed by atoms with Gasteiger partial charge in [-0.25, -0.2) is 9.78 Å². The Morgan fingerprint density at radius 3 is 2.62 bits per heavy atom. The smallest absolute Gasteiger partial charge is 0.356 e. The van der Waals surface area contributed by atoms with Gasteiger partial charge in [0.2, 0.25) is 0 Å². The number of hydrogen-bond donors (Lipinski definition) is 3. The van der Waals surface area contributed by atoms with Crippen molar-refractivity contribution in [3.8, 4) is 17.1 Å². The minimum absolute atomic E-state index is 0.0393. The zero-order valence-corrected chi connectivity index (χ0v) is 22.9. The van der Waals surface area contributed by atoms with Crippen molar-refractivity contribution in [3.63, 3.8) is 0 Å². The van der Waals surface area contributed by atoms with Gasteiger partial charge < -0.3 is 29.4 Å². The summed E-state index contributed by atoms with van der Waals surface area (Å²) in [7, 11) is 1.55. The van der Waals surface area contributed by atoms with Crippen LogP contribution in [-0.2, 0) is 12.1 Å². The van der Waals surface area contributed by atoms with E-state index in [0.29, 0.717) is 33.5 Å². The normalized spacial score (nSPS) is 15.4. The molecule has 0 radical (unpaired) electrons. The fraction of sp³-hybridized carbons (Fsp3) is 0.250. The van der Waals surface area contributed by atoms with Crippen molar-refractivity contribution < 1.29 is 19.7 Å². The highest BCUT2D eigenvalue weighted by atomic mass is 35.5. The first-order valence-corrected chi connectivity index (χ1v) is 12.9. The van der Waals surface area contributed by atoms with Crippen molar-refractivity contribution in [2.45, 2.75) is 32.0 Å². The van der Waals surface area contributed by atoms with Crippen molar-refractivity contribution in [2.75, 3.05) is 19.0 Å². The molecular weight excluding hydrogens is 543 g/mol. The maximum atomic E-state index is 12.6. The van der Waals surface area contributed by atoms with Crippen LogP contribution in [0.3, 0.4) is 0 Å². The van der Waals surface area contributed by atoms with Crippen molar-refractivity contribution >= 4 is 34.9 Å². The lowest BCUT2D eigenvalue weighted by atomic mass is 9.81. The zero-order valence-electron chi connectivity index (χ0n) is 21.4. The summed E-state index contributed by atoms with van der Waals surface area (Å²) in [5.41, 5.74) is 1.83. The van der Waals surface area contributed by atoms with Crippen molar-refractivity contribution in [3.05, 3.63) is 97.6 Å². The Kier molecular flexibility index (Phi) is 6.92. The van der Waals surface area contributed by atoms with Gasteiger partial charge in [-0.2, -0.15) is 0 Å². The molecule has 202 valence electrons. The highest BCUT2D eigenvalue weighted by Gasteiger charge is 2.43. The number of ether oxygens (including phenoxy) is 1. The number of carboxylic acids is 1. The van der Waals surface area contributed by atoms with Gasteiger partial charge in [-0.05, 0) is 55.3 Å². The van der Waals surface area contributed by atoms with Gasteiger partial charge in [-0.1, -0.05) is 41.4 Å². The van der Waals surface area contributed by atoms with Crippen LogP contribution in [-0.4, -0.2) is 44.0 Å². The van der Waals surface area contributed by atoms with Gasteiger partial charge >= 0.3 is 5.97 Å². The molecule has 1 aliphatic heterocycles. The van der Waals surface area contributed by atoms with E-state index in [1.54, 1.807) is 25.4 Å². The van der Waals surface area contributed by atoms with Crippen LogP contribution >= 0.6 is 23.2 Å². The number of nitrogens with one attached hydrogen (secondary N) is 1. The minimum Gasteiger partial charge on any atom is -0.496 e. The Balaban J connectivity index is 1.82. The number of benzene rings is 2. The number of fused-ring (bicyclic) bond motifs is 2. The summed E-state index contributed by atoms with van der Waals surface area (Å²) < 4.78 is 8.80. The van der Waals surface area contributed by atoms with E-state index in [-0.39, 0.29) is 23.9 Å². The number of imidazole rings is 1. The number of aromatic nitrogens is 3. The number of halogens is 2. The third-order valence-electron chi connectivity index (χ3n) is 6.98. The Hall–Kier alpha value is -3.79. The standard InChI is InChI=1S/C28H26Cl2N4O5/c1-28(2)19-12-15(29)8-9-17(19)22(31-16-13-20(30)26(36)33(14-16)10-11-35)24-23(27(37)38)32-25(34(24)28)18-6-4-5-7-21(18)39-3/h4-9,12-14,22,31,35H,10-11H2,1-3H3,(H,37,38). The van der Waals surface area contributed by atoms with E-state index >= 15 is 0 Å². The maximum absolute atomic E-state index is 12.6. The molecule has 0 aliphatic carbocycles. The average molecular weight is 569 g/mol. The number of aromatic carboxylic acids is 1. The number of pyridine rings is 1. The van der Waals surface area contributed by atoms with Crippen LogP contribution in [0, 0.1) is 0 Å². The van der Waals surface area contributed by atoms with E-state index in [1.165, 1.54) is 10.6 Å². The largest absolute Gasteiger partial charge is 0.496 e. The Morgan fingerprint density at radius 2 is 1.92 bits per heavy atom. The number of aliphatic hydroxyl groups excluding tert-OH is 1. The first kappa shape index (κ1) is 26.8. The van der Waals surface area contributed by atoms with E-state index in [0.717, 1.165) is 11.1 Å². The lowest BCUT2D eigenvalue weighted by Gasteiger charge is -2.41. The molecule has 0 fully saturated rings. The second-order valence-corrected chi connectivity index (χ2v) is 10.5. The minimum atomic E-state index is -1.19. The van der Waals surface area contributed by atoms with Gasteiger partial charge in [0.15, 0.2) is 5.69 Å². The molecule has 9 nitrogen and oxygen atoms in total. The number of nitrogens with zero attached hydrogens (tertiary/aromatic N) is 3. The molecule has 11 heteroatoms. The summed E-state index contributed by atoms with van der Waals surface area (Å²) in [6.45, 7) is 3.75. The van der Waals surface area contributed by atoms with Crippen LogP contribution in [0.4, 0.5) is 5.69 Å². The molecular formula is C28H26Cl2N4O5. The molecule has 0 spiro atoms. The van der Waals surface area contributed by atoms with Gasteiger partial charge in [-0.15, -0.1) is 0 Å². The number of para-hydroxylation sites is 1. The molecule has 1 aliphatic rings. The molecule has 1 unspecified atom stereocenters. The summed E-state index contributed by atoms with van der Waals surface area (Å²) in [6, 6.07) is 13.5. The van der Waals surface area contributed by atoms with E-state index < -0.39 is 23.1 Å².